The predicted molar refractivity (Wildman–Crippen MR) is 83.4 cm³/mol. The molecule has 2 aliphatic rings. The fourth-order valence-corrected chi connectivity index (χ4v) is 4.12. The number of piperidine rings is 1. The number of fused-ring (bicyclic) bond motifs is 1. The molecule has 3 nitrogen and oxygen atoms in total. The van der Waals surface area contributed by atoms with Crippen LogP contribution in [0, 0.1) is 11.8 Å². The van der Waals surface area contributed by atoms with Crippen LogP contribution in [-0.2, 0) is 0 Å². The molecule has 1 aliphatic carbocycles. The lowest BCUT2D eigenvalue weighted by Gasteiger charge is -2.42. The summed E-state index contributed by atoms with van der Waals surface area (Å²) in [6.07, 6.45) is 6.58. The molecule has 1 saturated heterocycles. The fourth-order valence-electron chi connectivity index (χ4n) is 3.77. The highest BCUT2D eigenvalue weighted by Crippen LogP contribution is 2.38. The van der Waals surface area contributed by atoms with Crippen molar-refractivity contribution in [2.75, 3.05) is 18.0 Å². The zero-order valence-electron chi connectivity index (χ0n) is 11.5. The molecule has 0 bridgehead atoms. The number of hydrogen-bond acceptors (Lipinski definition) is 2. The smallest absolute Gasteiger partial charge is 0.337 e. The first-order valence-electron chi connectivity index (χ1n) is 7.43. The molecule has 1 aliphatic heterocycles. The number of rotatable bonds is 2. The Morgan fingerprint density at radius 2 is 1.95 bits per heavy atom. The van der Waals surface area contributed by atoms with Crippen molar-refractivity contribution in [3.8, 4) is 0 Å². The molecule has 2 unspecified atom stereocenters. The van der Waals surface area contributed by atoms with Crippen molar-refractivity contribution in [3.05, 3.63) is 28.2 Å². The molecule has 2 fully saturated rings. The molecular formula is C16H20BrNO2. The summed E-state index contributed by atoms with van der Waals surface area (Å²) in [5, 5.41) is 9.38. The molecule has 1 aromatic carbocycles. The minimum atomic E-state index is -0.835. The number of carboxylic acids is 1. The first-order chi connectivity index (χ1) is 9.65. The molecule has 0 aromatic heterocycles. The van der Waals surface area contributed by atoms with Gasteiger partial charge in [-0.15, -0.1) is 0 Å². The van der Waals surface area contributed by atoms with Crippen LogP contribution in [0.2, 0.25) is 0 Å². The van der Waals surface area contributed by atoms with E-state index >= 15 is 0 Å². The lowest BCUT2D eigenvalue weighted by molar-refractivity contribution is 0.0697. The summed E-state index contributed by atoms with van der Waals surface area (Å²) in [6.45, 7) is 2.00. The van der Waals surface area contributed by atoms with E-state index in [4.69, 9.17) is 0 Å². The fraction of sp³-hybridized carbons (Fsp3) is 0.562. The third-order valence-electron chi connectivity index (χ3n) is 4.82. The Balaban J connectivity index is 1.85. The van der Waals surface area contributed by atoms with E-state index in [1.807, 2.05) is 6.07 Å². The summed E-state index contributed by atoms with van der Waals surface area (Å²) < 4.78 is 0.947. The number of benzene rings is 1. The highest BCUT2D eigenvalue weighted by atomic mass is 79.9. The third kappa shape index (κ3) is 2.71. The highest BCUT2D eigenvalue weighted by molar-refractivity contribution is 9.10. The van der Waals surface area contributed by atoms with Gasteiger partial charge in [-0.25, -0.2) is 4.79 Å². The first kappa shape index (κ1) is 13.9. The third-order valence-corrected chi connectivity index (χ3v) is 5.32. The Morgan fingerprint density at radius 3 is 2.70 bits per heavy atom. The van der Waals surface area contributed by atoms with Gasteiger partial charge in [0, 0.05) is 17.6 Å². The molecule has 20 heavy (non-hydrogen) atoms. The van der Waals surface area contributed by atoms with Crippen molar-refractivity contribution in [1.82, 2.24) is 0 Å². The maximum Gasteiger partial charge on any atom is 0.337 e. The van der Waals surface area contributed by atoms with Crippen molar-refractivity contribution in [2.24, 2.45) is 11.8 Å². The van der Waals surface area contributed by atoms with Crippen LogP contribution >= 0.6 is 15.9 Å². The van der Waals surface area contributed by atoms with Gasteiger partial charge in [-0.2, -0.15) is 0 Å². The predicted octanol–water partition coefficient (Wildman–Crippen LogP) is 4.16. The molecule has 0 spiro atoms. The molecule has 2 atom stereocenters. The Bertz CT molecular complexity index is 517. The van der Waals surface area contributed by atoms with Crippen LogP contribution in [0.3, 0.4) is 0 Å². The molecule has 0 amide bonds. The molecule has 1 heterocycles. The average Bonchev–Trinajstić information content (AvgIpc) is 2.46. The number of hydrogen-bond donors (Lipinski definition) is 1. The number of aromatic carboxylic acids is 1. The van der Waals surface area contributed by atoms with E-state index in [9.17, 15) is 9.90 Å². The summed E-state index contributed by atoms with van der Waals surface area (Å²) in [5.41, 5.74) is 1.29. The van der Waals surface area contributed by atoms with Crippen molar-refractivity contribution in [1.29, 1.82) is 0 Å². The van der Waals surface area contributed by atoms with E-state index in [-0.39, 0.29) is 0 Å². The summed E-state index contributed by atoms with van der Waals surface area (Å²) in [5.74, 6) is 0.775. The van der Waals surface area contributed by atoms with Crippen LogP contribution in [0.25, 0.3) is 0 Å². The van der Waals surface area contributed by atoms with Gasteiger partial charge in [0.15, 0.2) is 0 Å². The van der Waals surface area contributed by atoms with Crippen LogP contribution in [-0.4, -0.2) is 24.2 Å². The number of nitrogens with zero attached hydrogens (tertiary/aromatic N) is 1. The van der Waals surface area contributed by atoms with Gasteiger partial charge in [0.25, 0.3) is 0 Å². The van der Waals surface area contributed by atoms with Crippen molar-refractivity contribution in [2.45, 2.75) is 32.1 Å². The molecule has 4 heteroatoms. The van der Waals surface area contributed by atoms with Gasteiger partial charge in [-0.1, -0.05) is 35.2 Å². The Labute approximate surface area is 128 Å². The monoisotopic (exact) mass is 337 g/mol. The maximum absolute atomic E-state index is 11.4. The van der Waals surface area contributed by atoms with Crippen molar-refractivity contribution >= 4 is 27.6 Å². The summed E-state index contributed by atoms with van der Waals surface area (Å²) in [4.78, 5) is 13.7. The van der Waals surface area contributed by atoms with Gasteiger partial charge < -0.3 is 10.0 Å². The maximum atomic E-state index is 11.4. The van der Waals surface area contributed by atoms with Gasteiger partial charge >= 0.3 is 5.97 Å². The van der Waals surface area contributed by atoms with E-state index < -0.39 is 5.97 Å². The largest absolute Gasteiger partial charge is 0.478 e. The molecule has 0 radical (unpaired) electrons. The second-order valence-corrected chi connectivity index (χ2v) is 6.92. The van der Waals surface area contributed by atoms with E-state index in [1.165, 1.54) is 32.1 Å². The lowest BCUT2D eigenvalue weighted by atomic mass is 9.75. The normalized spacial score (nSPS) is 26.1. The summed E-state index contributed by atoms with van der Waals surface area (Å²) in [6, 6.07) is 5.46. The van der Waals surface area contributed by atoms with Crippen LogP contribution in [0.1, 0.15) is 42.5 Å². The van der Waals surface area contributed by atoms with E-state index in [2.05, 4.69) is 20.8 Å². The summed E-state index contributed by atoms with van der Waals surface area (Å²) in [7, 11) is 0. The molecule has 1 aromatic rings. The van der Waals surface area contributed by atoms with E-state index in [0.29, 0.717) is 5.56 Å². The number of anilines is 1. The van der Waals surface area contributed by atoms with Crippen LogP contribution in [0.4, 0.5) is 5.69 Å². The minimum Gasteiger partial charge on any atom is -0.478 e. The van der Waals surface area contributed by atoms with Crippen LogP contribution in [0.5, 0.6) is 0 Å². The zero-order chi connectivity index (χ0) is 14.1. The number of carbonyl (C=O) groups is 1. The first-order valence-corrected chi connectivity index (χ1v) is 8.22. The Morgan fingerprint density at radius 1 is 1.20 bits per heavy atom. The number of halogens is 1. The average molecular weight is 338 g/mol. The van der Waals surface area contributed by atoms with Gasteiger partial charge in [0.05, 0.1) is 11.3 Å². The Hall–Kier alpha value is -1.03. The molecule has 1 N–H and O–H groups in total. The lowest BCUT2D eigenvalue weighted by Crippen LogP contribution is -2.42. The topological polar surface area (TPSA) is 40.5 Å². The minimum absolute atomic E-state index is 0.419. The highest BCUT2D eigenvalue weighted by Gasteiger charge is 2.32. The Kier molecular flexibility index (Phi) is 4.01. The molecule has 108 valence electrons. The van der Waals surface area contributed by atoms with Crippen LogP contribution in [0.15, 0.2) is 22.7 Å². The summed E-state index contributed by atoms with van der Waals surface area (Å²) >= 11 is 3.46. The van der Waals surface area contributed by atoms with Crippen molar-refractivity contribution < 1.29 is 9.90 Å². The molecule has 3 rings (SSSR count). The standard InChI is InChI=1S/C16H20BrNO2/c17-13-5-6-14(16(19)20)15(9-13)18-8-7-11-3-1-2-4-12(11)10-18/h5-6,9,11-12H,1-4,7-8,10H2,(H,19,20). The quantitative estimate of drug-likeness (QED) is 0.880. The SMILES string of the molecule is O=C(O)c1ccc(Br)cc1N1CCC2CCCCC2C1. The zero-order valence-corrected chi connectivity index (χ0v) is 13.1. The van der Waals surface area contributed by atoms with E-state index in [0.717, 1.165) is 35.1 Å². The second kappa shape index (κ2) is 5.76. The van der Waals surface area contributed by atoms with Crippen LogP contribution < -0.4 is 4.90 Å². The van der Waals surface area contributed by atoms with Gasteiger partial charge in [-0.05, 0) is 42.9 Å². The van der Waals surface area contributed by atoms with Gasteiger partial charge in [-0.3, -0.25) is 0 Å². The molecular weight excluding hydrogens is 318 g/mol. The molecule has 1 saturated carbocycles. The van der Waals surface area contributed by atoms with Crippen molar-refractivity contribution in [3.63, 3.8) is 0 Å². The number of carboxylic acid groups (broad SMARTS) is 1. The van der Waals surface area contributed by atoms with Gasteiger partial charge in [0.2, 0.25) is 0 Å². The van der Waals surface area contributed by atoms with E-state index in [1.54, 1.807) is 12.1 Å². The van der Waals surface area contributed by atoms with Gasteiger partial charge in [0.1, 0.15) is 0 Å². The second-order valence-electron chi connectivity index (χ2n) is 6.01.